The molecule has 4 nitrogen and oxygen atoms in total. The minimum absolute atomic E-state index is 0.859. The van der Waals surface area contributed by atoms with E-state index in [1.165, 1.54) is 6.42 Å². The SMILES string of the molecule is CCCN(C)CCN(Cc1ccccn1)Cc1ccccn1. The first-order valence-corrected chi connectivity index (χ1v) is 7.98. The molecule has 0 bridgehead atoms. The van der Waals surface area contributed by atoms with E-state index in [2.05, 4.69) is 45.9 Å². The number of hydrogen-bond donors (Lipinski definition) is 0. The first kappa shape index (κ1) is 16.6. The third-order valence-corrected chi connectivity index (χ3v) is 3.63. The lowest BCUT2D eigenvalue weighted by Gasteiger charge is -2.25. The zero-order valence-corrected chi connectivity index (χ0v) is 13.7. The minimum atomic E-state index is 0.859. The van der Waals surface area contributed by atoms with Gasteiger partial charge in [-0.3, -0.25) is 14.9 Å². The van der Waals surface area contributed by atoms with Gasteiger partial charge in [-0.2, -0.15) is 0 Å². The summed E-state index contributed by atoms with van der Waals surface area (Å²) in [6.45, 7) is 7.16. The highest BCUT2D eigenvalue weighted by Gasteiger charge is 2.09. The Kier molecular flexibility index (Phi) is 7.00. The van der Waals surface area contributed by atoms with Crippen molar-refractivity contribution in [3.8, 4) is 0 Å². The molecule has 2 aromatic heterocycles. The number of pyridine rings is 2. The van der Waals surface area contributed by atoms with Gasteiger partial charge in [-0.25, -0.2) is 0 Å². The first-order chi connectivity index (χ1) is 10.8. The average Bonchev–Trinajstić information content (AvgIpc) is 2.55. The number of nitrogens with zero attached hydrogens (tertiary/aromatic N) is 4. The van der Waals surface area contributed by atoms with Crippen LogP contribution in [0.15, 0.2) is 48.8 Å². The smallest absolute Gasteiger partial charge is 0.0544 e. The molecule has 0 N–H and O–H groups in total. The Hall–Kier alpha value is -1.78. The standard InChI is InChI=1S/C18H26N4/c1-3-12-21(2)13-14-22(15-17-8-4-6-10-19-17)16-18-9-5-7-11-20-18/h4-11H,3,12-16H2,1-2H3. The Morgan fingerprint density at radius 1 is 0.818 bits per heavy atom. The summed E-state index contributed by atoms with van der Waals surface area (Å²) in [6.07, 6.45) is 4.91. The molecule has 0 aliphatic carbocycles. The summed E-state index contributed by atoms with van der Waals surface area (Å²) >= 11 is 0. The second kappa shape index (κ2) is 9.28. The van der Waals surface area contributed by atoms with Crippen LogP contribution in [0.3, 0.4) is 0 Å². The average molecular weight is 298 g/mol. The lowest BCUT2D eigenvalue weighted by Crippen LogP contribution is -2.33. The van der Waals surface area contributed by atoms with Gasteiger partial charge in [-0.05, 0) is 44.3 Å². The molecule has 0 saturated carbocycles. The van der Waals surface area contributed by atoms with Gasteiger partial charge in [-0.15, -0.1) is 0 Å². The highest BCUT2D eigenvalue weighted by Crippen LogP contribution is 2.07. The fourth-order valence-corrected chi connectivity index (χ4v) is 2.46. The van der Waals surface area contributed by atoms with Crippen molar-refractivity contribution < 1.29 is 0 Å². The minimum Gasteiger partial charge on any atom is -0.305 e. The third kappa shape index (κ3) is 5.92. The molecular weight excluding hydrogens is 272 g/mol. The van der Waals surface area contributed by atoms with Crippen LogP contribution < -0.4 is 0 Å². The molecule has 2 heterocycles. The van der Waals surface area contributed by atoms with Gasteiger partial charge in [0.2, 0.25) is 0 Å². The van der Waals surface area contributed by atoms with Crippen molar-refractivity contribution in [1.82, 2.24) is 19.8 Å². The van der Waals surface area contributed by atoms with E-state index in [0.29, 0.717) is 0 Å². The fourth-order valence-electron chi connectivity index (χ4n) is 2.46. The van der Waals surface area contributed by atoms with Crippen molar-refractivity contribution in [2.24, 2.45) is 0 Å². The molecule has 2 rings (SSSR count). The molecule has 2 aromatic rings. The summed E-state index contributed by atoms with van der Waals surface area (Å²) in [5, 5.41) is 0. The van der Waals surface area contributed by atoms with Crippen molar-refractivity contribution in [2.75, 3.05) is 26.7 Å². The summed E-state index contributed by atoms with van der Waals surface area (Å²) in [5.74, 6) is 0. The Morgan fingerprint density at radius 2 is 1.41 bits per heavy atom. The van der Waals surface area contributed by atoms with Crippen LogP contribution in [0.5, 0.6) is 0 Å². The molecule has 22 heavy (non-hydrogen) atoms. The molecule has 0 amide bonds. The van der Waals surface area contributed by atoms with E-state index in [1.807, 2.05) is 36.7 Å². The predicted molar refractivity (Wildman–Crippen MR) is 90.4 cm³/mol. The molecule has 0 radical (unpaired) electrons. The summed E-state index contributed by atoms with van der Waals surface area (Å²) in [5.41, 5.74) is 2.22. The molecule has 118 valence electrons. The van der Waals surface area contributed by atoms with Crippen molar-refractivity contribution in [1.29, 1.82) is 0 Å². The van der Waals surface area contributed by atoms with Gasteiger partial charge in [0, 0.05) is 38.6 Å². The maximum Gasteiger partial charge on any atom is 0.0544 e. The van der Waals surface area contributed by atoms with Crippen molar-refractivity contribution >= 4 is 0 Å². The molecule has 0 saturated heterocycles. The molecule has 0 spiro atoms. The van der Waals surface area contributed by atoms with Crippen LogP contribution >= 0.6 is 0 Å². The second-order valence-electron chi connectivity index (χ2n) is 5.66. The largest absolute Gasteiger partial charge is 0.305 e. The molecule has 0 aromatic carbocycles. The van der Waals surface area contributed by atoms with Crippen LogP contribution in [0.25, 0.3) is 0 Å². The van der Waals surface area contributed by atoms with E-state index >= 15 is 0 Å². The van der Waals surface area contributed by atoms with Crippen LogP contribution in [0.1, 0.15) is 24.7 Å². The number of hydrogen-bond acceptors (Lipinski definition) is 4. The van der Waals surface area contributed by atoms with E-state index < -0.39 is 0 Å². The molecule has 0 atom stereocenters. The van der Waals surface area contributed by atoms with Gasteiger partial charge in [-0.1, -0.05) is 19.1 Å². The van der Waals surface area contributed by atoms with E-state index in [0.717, 1.165) is 44.1 Å². The highest BCUT2D eigenvalue weighted by molar-refractivity contribution is 5.06. The summed E-state index contributed by atoms with van der Waals surface area (Å²) in [6, 6.07) is 12.2. The maximum absolute atomic E-state index is 4.45. The number of aromatic nitrogens is 2. The lowest BCUT2D eigenvalue weighted by molar-refractivity contribution is 0.208. The summed E-state index contributed by atoms with van der Waals surface area (Å²) < 4.78 is 0. The zero-order chi connectivity index (χ0) is 15.6. The normalized spacial score (nSPS) is 11.3. The van der Waals surface area contributed by atoms with Gasteiger partial charge in [0.1, 0.15) is 0 Å². The molecular formula is C18H26N4. The monoisotopic (exact) mass is 298 g/mol. The summed E-state index contributed by atoms with van der Waals surface area (Å²) in [4.78, 5) is 13.7. The molecule has 0 aliphatic rings. The summed E-state index contributed by atoms with van der Waals surface area (Å²) in [7, 11) is 2.18. The molecule has 0 aliphatic heterocycles. The Balaban J connectivity index is 1.97. The quantitative estimate of drug-likeness (QED) is 0.712. The Bertz CT molecular complexity index is 474. The van der Waals surface area contributed by atoms with E-state index in [4.69, 9.17) is 0 Å². The van der Waals surface area contributed by atoms with Gasteiger partial charge in [0.05, 0.1) is 11.4 Å². The Morgan fingerprint density at radius 3 is 1.86 bits per heavy atom. The van der Waals surface area contributed by atoms with Crippen LogP contribution in [-0.4, -0.2) is 46.4 Å². The number of likely N-dealkylation sites (N-methyl/N-ethyl adjacent to an activating group) is 1. The van der Waals surface area contributed by atoms with Crippen LogP contribution in [0.2, 0.25) is 0 Å². The van der Waals surface area contributed by atoms with Crippen LogP contribution in [0.4, 0.5) is 0 Å². The van der Waals surface area contributed by atoms with Gasteiger partial charge in [0.25, 0.3) is 0 Å². The predicted octanol–water partition coefficient (Wildman–Crippen LogP) is 2.82. The molecule has 4 heteroatoms. The first-order valence-electron chi connectivity index (χ1n) is 7.98. The van der Waals surface area contributed by atoms with Crippen molar-refractivity contribution in [2.45, 2.75) is 26.4 Å². The van der Waals surface area contributed by atoms with Crippen molar-refractivity contribution in [3.63, 3.8) is 0 Å². The molecule has 0 unspecified atom stereocenters. The van der Waals surface area contributed by atoms with Crippen molar-refractivity contribution in [3.05, 3.63) is 60.2 Å². The van der Waals surface area contributed by atoms with Crippen LogP contribution in [-0.2, 0) is 13.1 Å². The Labute approximate surface area is 133 Å². The highest BCUT2D eigenvalue weighted by atomic mass is 15.2. The van der Waals surface area contributed by atoms with Gasteiger partial charge in [0.15, 0.2) is 0 Å². The van der Waals surface area contributed by atoms with E-state index in [9.17, 15) is 0 Å². The lowest BCUT2D eigenvalue weighted by atomic mass is 10.3. The van der Waals surface area contributed by atoms with Crippen LogP contribution in [0, 0.1) is 0 Å². The third-order valence-electron chi connectivity index (χ3n) is 3.63. The topological polar surface area (TPSA) is 32.3 Å². The number of rotatable bonds is 9. The second-order valence-corrected chi connectivity index (χ2v) is 5.66. The maximum atomic E-state index is 4.45. The van der Waals surface area contributed by atoms with Gasteiger partial charge >= 0.3 is 0 Å². The van der Waals surface area contributed by atoms with E-state index in [-0.39, 0.29) is 0 Å². The van der Waals surface area contributed by atoms with Gasteiger partial charge < -0.3 is 4.90 Å². The molecule has 0 fully saturated rings. The zero-order valence-electron chi connectivity index (χ0n) is 13.7. The van der Waals surface area contributed by atoms with E-state index in [1.54, 1.807) is 0 Å². The fraction of sp³-hybridized carbons (Fsp3) is 0.444.